The number of hydrogen-bond acceptors (Lipinski definition) is 4. The van der Waals surface area contributed by atoms with Gasteiger partial charge in [-0.3, -0.25) is 14.4 Å². The van der Waals surface area contributed by atoms with E-state index < -0.39 is 40.5 Å². The summed E-state index contributed by atoms with van der Waals surface area (Å²) in [6.07, 6.45) is 0. The van der Waals surface area contributed by atoms with E-state index in [-0.39, 0.29) is 6.54 Å². The molecule has 1 heterocycles. The topological polar surface area (TPSA) is 63.7 Å². The van der Waals surface area contributed by atoms with E-state index in [0.29, 0.717) is 22.2 Å². The Balaban J connectivity index is 1.70. The first-order valence-corrected chi connectivity index (χ1v) is 10.9. The van der Waals surface area contributed by atoms with E-state index in [9.17, 15) is 14.4 Å². The molecule has 0 bridgehead atoms. The smallest absolute Gasteiger partial charge is 0.311 e. The maximum absolute atomic E-state index is 13.2. The monoisotopic (exact) mass is 459 g/mol. The molecule has 1 aliphatic carbocycles. The first-order valence-electron chi connectivity index (χ1n) is 10.1. The van der Waals surface area contributed by atoms with Crippen LogP contribution in [0.25, 0.3) is 0 Å². The largest absolute Gasteiger partial charge is 0.460 e. The normalized spacial score (nSPS) is 25.3. The molecule has 4 rings (SSSR count). The van der Waals surface area contributed by atoms with Gasteiger partial charge in [-0.05, 0) is 44.0 Å². The third-order valence-corrected chi connectivity index (χ3v) is 6.61. The van der Waals surface area contributed by atoms with Gasteiger partial charge < -0.3 is 9.64 Å². The molecule has 2 aromatic rings. The Hall–Kier alpha value is -2.37. The maximum Gasteiger partial charge on any atom is 0.311 e. The molecule has 0 aromatic heterocycles. The van der Waals surface area contributed by atoms with Gasteiger partial charge in [0.2, 0.25) is 5.78 Å². The van der Waals surface area contributed by atoms with Gasteiger partial charge in [-0.25, -0.2) is 0 Å². The van der Waals surface area contributed by atoms with E-state index in [4.69, 9.17) is 27.9 Å². The van der Waals surface area contributed by atoms with Gasteiger partial charge in [-0.15, -0.1) is 0 Å². The standard InChI is InChI=1S/C24H23Cl2NO4/c1-23(2,3)31-22(30)19-18(15-9-10-16(25)17(26)11-15)24(19)13-27(21(29)20(24)28)12-14-7-5-4-6-8-14/h4-11,18-19H,12-13H2,1-3H3/t18-,19+,24-/m1/s1. The van der Waals surface area contributed by atoms with Crippen LogP contribution >= 0.6 is 23.2 Å². The van der Waals surface area contributed by atoms with Crippen molar-refractivity contribution in [2.24, 2.45) is 11.3 Å². The van der Waals surface area contributed by atoms with Crippen molar-refractivity contribution >= 4 is 40.9 Å². The molecule has 1 saturated carbocycles. The van der Waals surface area contributed by atoms with Gasteiger partial charge in [-0.2, -0.15) is 0 Å². The zero-order chi connectivity index (χ0) is 22.6. The Labute approximate surface area is 191 Å². The van der Waals surface area contributed by atoms with Crippen LogP contribution in [0.4, 0.5) is 0 Å². The molecule has 1 saturated heterocycles. The van der Waals surface area contributed by atoms with Gasteiger partial charge in [-0.1, -0.05) is 59.6 Å². The summed E-state index contributed by atoms with van der Waals surface area (Å²) >= 11 is 12.3. The van der Waals surface area contributed by atoms with Gasteiger partial charge >= 0.3 is 5.97 Å². The van der Waals surface area contributed by atoms with Gasteiger partial charge in [0, 0.05) is 19.0 Å². The van der Waals surface area contributed by atoms with E-state index >= 15 is 0 Å². The number of carbonyl (C=O) groups is 3. The van der Waals surface area contributed by atoms with E-state index in [1.165, 1.54) is 4.90 Å². The maximum atomic E-state index is 13.2. The summed E-state index contributed by atoms with van der Waals surface area (Å²) in [4.78, 5) is 40.7. The van der Waals surface area contributed by atoms with Crippen molar-refractivity contribution in [2.45, 2.75) is 38.8 Å². The van der Waals surface area contributed by atoms with Crippen LogP contribution in [-0.2, 0) is 25.7 Å². The second-order valence-electron chi connectivity index (χ2n) is 9.18. The molecular weight excluding hydrogens is 437 g/mol. The molecular formula is C24H23Cl2NO4. The Morgan fingerprint density at radius 3 is 2.39 bits per heavy atom. The fourth-order valence-corrected chi connectivity index (χ4v) is 4.87. The van der Waals surface area contributed by atoms with Crippen molar-refractivity contribution in [3.05, 3.63) is 69.7 Å². The highest BCUT2D eigenvalue weighted by molar-refractivity contribution is 6.43. The Kier molecular flexibility index (Phi) is 5.39. The fraction of sp³-hybridized carbons (Fsp3) is 0.375. The molecule has 5 nitrogen and oxygen atoms in total. The number of rotatable bonds is 4. The van der Waals surface area contributed by atoms with Crippen LogP contribution < -0.4 is 0 Å². The van der Waals surface area contributed by atoms with Crippen molar-refractivity contribution in [3.63, 3.8) is 0 Å². The van der Waals surface area contributed by atoms with Crippen molar-refractivity contribution < 1.29 is 19.1 Å². The van der Waals surface area contributed by atoms with Crippen LogP contribution in [0.2, 0.25) is 10.0 Å². The predicted molar refractivity (Wildman–Crippen MR) is 118 cm³/mol. The molecule has 1 aliphatic heterocycles. The summed E-state index contributed by atoms with van der Waals surface area (Å²) in [5.74, 6) is -2.84. The minimum absolute atomic E-state index is 0.161. The number of ether oxygens (including phenoxy) is 1. The molecule has 31 heavy (non-hydrogen) atoms. The first kappa shape index (κ1) is 21.8. The summed E-state index contributed by atoms with van der Waals surface area (Å²) in [6, 6.07) is 14.5. The molecule has 3 atom stereocenters. The van der Waals surface area contributed by atoms with Crippen LogP contribution in [-0.4, -0.2) is 34.7 Å². The number of halogens is 2. The lowest BCUT2D eigenvalue weighted by atomic mass is 9.96. The summed E-state index contributed by atoms with van der Waals surface area (Å²) in [7, 11) is 0. The number of carbonyl (C=O) groups excluding carboxylic acids is 3. The highest BCUT2D eigenvalue weighted by atomic mass is 35.5. The lowest BCUT2D eigenvalue weighted by molar-refractivity contribution is -0.158. The highest BCUT2D eigenvalue weighted by Gasteiger charge is 2.78. The summed E-state index contributed by atoms with van der Waals surface area (Å²) < 4.78 is 5.61. The molecule has 2 fully saturated rings. The van der Waals surface area contributed by atoms with Crippen LogP contribution in [0.15, 0.2) is 48.5 Å². The average molecular weight is 460 g/mol. The number of hydrogen-bond donors (Lipinski definition) is 0. The molecule has 1 spiro atoms. The van der Waals surface area contributed by atoms with Crippen molar-refractivity contribution in [2.75, 3.05) is 6.54 Å². The molecule has 162 valence electrons. The van der Waals surface area contributed by atoms with Gasteiger partial charge in [0.05, 0.1) is 21.4 Å². The summed E-state index contributed by atoms with van der Waals surface area (Å²) in [5, 5.41) is 0.718. The average Bonchev–Trinajstić information content (AvgIpc) is 3.31. The number of esters is 1. The molecule has 1 amide bonds. The highest BCUT2D eigenvalue weighted by Crippen LogP contribution is 2.68. The van der Waals surface area contributed by atoms with Crippen LogP contribution in [0.1, 0.15) is 37.8 Å². The zero-order valence-electron chi connectivity index (χ0n) is 17.5. The number of nitrogens with zero attached hydrogens (tertiary/aromatic N) is 1. The third-order valence-electron chi connectivity index (χ3n) is 5.87. The molecule has 0 unspecified atom stereocenters. The van der Waals surface area contributed by atoms with Crippen LogP contribution in [0.3, 0.4) is 0 Å². The molecule has 2 aromatic carbocycles. The predicted octanol–water partition coefficient (Wildman–Crippen LogP) is 4.65. The Bertz CT molecular complexity index is 1060. The fourth-order valence-electron chi connectivity index (χ4n) is 4.56. The van der Waals surface area contributed by atoms with Crippen LogP contribution in [0, 0.1) is 11.3 Å². The van der Waals surface area contributed by atoms with Gasteiger partial charge in [0.1, 0.15) is 5.60 Å². The Morgan fingerprint density at radius 1 is 1.10 bits per heavy atom. The number of benzene rings is 2. The zero-order valence-corrected chi connectivity index (χ0v) is 19.0. The van der Waals surface area contributed by atoms with E-state index in [2.05, 4.69) is 0 Å². The molecule has 0 radical (unpaired) electrons. The number of Topliss-reactive ketones (excluding diaryl/α,β-unsaturated/α-hetero) is 1. The van der Waals surface area contributed by atoms with E-state index in [1.807, 2.05) is 30.3 Å². The molecule has 7 heteroatoms. The minimum Gasteiger partial charge on any atom is -0.460 e. The summed E-state index contributed by atoms with van der Waals surface area (Å²) in [5.41, 5.74) is -0.238. The second kappa shape index (κ2) is 7.64. The molecule has 0 N–H and O–H groups in total. The Morgan fingerprint density at radius 2 is 1.77 bits per heavy atom. The number of ketones is 1. The van der Waals surface area contributed by atoms with Crippen molar-refractivity contribution in [1.82, 2.24) is 4.90 Å². The number of likely N-dealkylation sites (tertiary alicyclic amines) is 1. The molecule has 2 aliphatic rings. The minimum atomic E-state index is -1.15. The second-order valence-corrected chi connectivity index (χ2v) is 9.99. The quantitative estimate of drug-likeness (QED) is 0.493. The van der Waals surface area contributed by atoms with Gasteiger partial charge in [0.25, 0.3) is 5.91 Å². The lowest BCUT2D eigenvalue weighted by Gasteiger charge is -2.20. The van der Waals surface area contributed by atoms with E-state index in [0.717, 1.165) is 5.56 Å². The lowest BCUT2D eigenvalue weighted by Crippen LogP contribution is -2.28. The third kappa shape index (κ3) is 3.85. The summed E-state index contributed by atoms with van der Waals surface area (Å²) in [6.45, 7) is 5.79. The number of amides is 1. The van der Waals surface area contributed by atoms with E-state index in [1.54, 1.807) is 39.0 Å². The van der Waals surface area contributed by atoms with Gasteiger partial charge in [0.15, 0.2) is 0 Å². The first-order chi connectivity index (χ1) is 14.5. The van der Waals surface area contributed by atoms with Crippen molar-refractivity contribution in [1.29, 1.82) is 0 Å². The van der Waals surface area contributed by atoms with Crippen molar-refractivity contribution in [3.8, 4) is 0 Å². The SMILES string of the molecule is CC(C)(C)OC(=O)[C@@H]1[C@@H](c2ccc(Cl)c(Cl)c2)[C@]12CN(Cc1ccccc1)C(=O)C2=O. The van der Waals surface area contributed by atoms with Crippen LogP contribution in [0.5, 0.6) is 0 Å².